The molecule has 1 heterocycles. The molecule has 2 fully saturated rings. The Morgan fingerprint density at radius 1 is 1.32 bits per heavy atom. The van der Waals surface area contributed by atoms with Crippen LogP contribution in [0.25, 0.3) is 0 Å². The Kier molecular flexibility index (Phi) is 4.85. The second-order valence-electron chi connectivity index (χ2n) is 6.79. The van der Waals surface area contributed by atoms with Crippen molar-refractivity contribution < 1.29 is 4.79 Å². The van der Waals surface area contributed by atoms with Gasteiger partial charge >= 0.3 is 0 Å². The number of carbonyl (C=O) groups excluding carboxylic acids is 1. The molecule has 2 unspecified atom stereocenters. The molecule has 1 saturated heterocycles. The summed E-state index contributed by atoms with van der Waals surface area (Å²) in [6, 6.07) is 1.33. The first-order valence-electron chi connectivity index (χ1n) is 7.68. The van der Waals surface area contributed by atoms with Crippen molar-refractivity contribution in [1.82, 2.24) is 15.1 Å². The fraction of sp³-hybridized carbons (Fsp3) is 0.933. The molecule has 4 nitrogen and oxygen atoms in total. The van der Waals surface area contributed by atoms with Crippen LogP contribution in [0.3, 0.4) is 0 Å². The van der Waals surface area contributed by atoms with E-state index < -0.39 is 0 Å². The first kappa shape index (κ1) is 14.8. The Balaban J connectivity index is 1.86. The van der Waals surface area contributed by atoms with Gasteiger partial charge in [0, 0.05) is 39.3 Å². The first-order valence-corrected chi connectivity index (χ1v) is 7.68. The summed E-state index contributed by atoms with van der Waals surface area (Å²) in [6.45, 7) is 6.69. The molecule has 0 radical (unpaired) electrons. The van der Waals surface area contributed by atoms with Crippen LogP contribution in [0.4, 0.5) is 0 Å². The van der Waals surface area contributed by atoms with E-state index in [1.165, 1.54) is 25.8 Å². The molecule has 1 aliphatic carbocycles. The lowest BCUT2D eigenvalue weighted by Crippen LogP contribution is -2.49. The van der Waals surface area contributed by atoms with Crippen LogP contribution in [0.15, 0.2) is 0 Å². The molecule has 2 atom stereocenters. The van der Waals surface area contributed by atoms with E-state index in [0.29, 0.717) is 12.0 Å². The quantitative estimate of drug-likeness (QED) is 0.788. The maximum Gasteiger partial charge on any atom is 0.239 e. The van der Waals surface area contributed by atoms with Gasteiger partial charge in [-0.2, -0.15) is 0 Å². The molecule has 0 aromatic rings. The number of carbonyl (C=O) groups is 1. The number of likely N-dealkylation sites (tertiary alicyclic amines) is 1. The van der Waals surface area contributed by atoms with Crippen LogP contribution in [-0.4, -0.2) is 61.0 Å². The van der Waals surface area contributed by atoms with Crippen LogP contribution in [0, 0.1) is 5.92 Å². The van der Waals surface area contributed by atoms with E-state index in [1.807, 2.05) is 14.1 Å². The van der Waals surface area contributed by atoms with Crippen LogP contribution >= 0.6 is 0 Å². The molecule has 1 aliphatic heterocycles. The molecule has 4 heteroatoms. The second kappa shape index (κ2) is 6.23. The van der Waals surface area contributed by atoms with E-state index in [9.17, 15) is 4.79 Å². The highest BCUT2D eigenvalue weighted by molar-refractivity contribution is 5.81. The highest BCUT2D eigenvalue weighted by Gasteiger charge is 2.35. The SMILES string of the molecule is CC(C)CC(NC1CCN(C2CC2)C1)C(=O)N(C)C. The maximum atomic E-state index is 12.2. The lowest BCUT2D eigenvalue weighted by molar-refractivity contribution is -0.131. The van der Waals surface area contributed by atoms with Gasteiger partial charge < -0.3 is 10.2 Å². The van der Waals surface area contributed by atoms with E-state index >= 15 is 0 Å². The second-order valence-corrected chi connectivity index (χ2v) is 6.79. The highest BCUT2D eigenvalue weighted by atomic mass is 16.2. The van der Waals surface area contributed by atoms with E-state index in [-0.39, 0.29) is 11.9 Å². The zero-order valence-electron chi connectivity index (χ0n) is 12.9. The molecule has 0 aromatic heterocycles. The summed E-state index contributed by atoms with van der Waals surface area (Å²) < 4.78 is 0. The summed E-state index contributed by atoms with van der Waals surface area (Å²) in [4.78, 5) is 16.5. The molecule has 0 bridgehead atoms. The third-order valence-electron chi connectivity index (χ3n) is 4.17. The summed E-state index contributed by atoms with van der Waals surface area (Å²) in [6.07, 6.45) is 4.86. The zero-order valence-corrected chi connectivity index (χ0v) is 12.9. The smallest absolute Gasteiger partial charge is 0.239 e. The largest absolute Gasteiger partial charge is 0.347 e. The van der Waals surface area contributed by atoms with Crippen molar-refractivity contribution >= 4 is 5.91 Å². The van der Waals surface area contributed by atoms with Gasteiger partial charge in [0.25, 0.3) is 0 Å². The molecule has 19 heavy (non-hydrogen) atoms. The Bertz CT molecular complexity index is 313. The van der Waals surface area contributed by atoms with E-state index in [4.69, 9.17) is 0 Å². The van der Waals surface area contributed by atoms with E-state index in [1.54, 1.807) is 4.90 Å². The molecule has 1 amide bonds. The van der Waals surface area contributed by atoms with Gasteiger partial charge in [-0.3, -0.25) is 9.69 Å². The fourth-order valence-corrected chi connectivity index (χ4v) is 3.00. The van der Waals surface area contributed by atoms with Crippen LogP contribution in [0.2, 0.25) is 0 Å². The molecule has 0 aromatic carbocycles. The van der Waals surface area contributed by atoms with Gasteiger partial charge in [-0.05, 0) is 31.6 Å². The minimum absolute atomic E-state index is 0.0147. The van der Waals surface area contributed by atoms with Gasteiger partial charge in [0.2, 0.25) is 5.91 Å². The van der Waals surface area contributed by atoms with Crippen LogP contribution < -0.4 is 5.32 Å². The summed E-state index contributed by atoms with van der Waals surface area (Å²) in [5, 5.41) is 3.61. The molecule has 110 valence electrons. The van der Waals surface area contributed by atoms with Gasteiger partial charge in [0.15, 0.2) is 0 Å². The number of nitrogens with zero attached hydrogens (tertiary/aromatic N) is 2. The summed E-state index contributed by atoms with van der Waals surface area (Å²) in [5.41, 5.74) is 0. The molecular formula is C15H29N3O. The van der Waals surface area contributed by atoms with Crippen molar-refractivity contribution in [1.29, 1.82) is 0 Å². The summed E-state index contributed by atoms with van der Waals surface area (Å²) in [7, 11) is 3.70. The Morgan fingerprint density at radius 3 is 2.53 bits per heavy atom. The van der Waals surface area contributed by atoms with E-state index in [2.05, 4.69) is 24.1 Å². The molecular weight excluding hydrogens is 238 g/mol. The lowest BCUT2D eigenvalue weighted by Gasteiger charge is -2.26. The normalized spacial score (nSPS) is 25.8. The van der Waals surface area contributed by atoms with Crippen molar-refractivity contribution in [2.24, 2.45) is 5.92 Å². The summed E-state index contributed by atoms with van der Waals surface area (Å²) >= 11 is 0. The van der Waals surface area contributed by atoms with E-state index in [0.717, 1.165) is 19.0 Å². The minimum atomic E-state index is -0.0147. The third kappa shape index (κ3) is 4.18. The number of hydrogen-bond acceptors (Lipinski definition) is 3. The number of amides is 1. The average Bonchev–Trinajstić information content (AvgIpc) is 3.08. The Labute approximate surface area is 117 Å². The first-order chi connectivity index (χ1) is 8.97. The van der Waals surface area contributed by atoms with Gasteiger partial charge in [0.05, 0.1) is 6.04 Å². The predicted octanol–water partition coefficient (Wildman–Crippen LogP) is 1.32. The van der Waals surface area contributed by atoms with Crippen molar-refractivity contribution in [2.45, 2.75) is 57.7 Å². The molecule has 2 aliphatic rings. The number of rotatable bonds is 6. The molecule has 1 N–H and O–H groups in total. The fourth-order valence-electron chi connectivity index (χ4n) is 3.00. The van der Waals surface area contributed by atoms with Crippen molar-refractivity contribution in [2.75, 3.05) is 27.2 Å². The lowest BCUT2D eigenvalue weighted by atomic mass is 10.0. The van der Waals surface area contributed by atoms with Crippen molar-refractivity contribution in [3.05, 3.63) is 0 Å². The highest BCUT2D eigenvalue weighted by Crippen LogP contribution is 2.30. The monoisotopic (exact) mass is 267 g/mol. The maximum absolute atomic E-state index is 12.2. The molecule has 2 rings (SSSR count). The van der Waals surface area contributed by atoms with Gasteiger partial charge in [-0.25, -0.2) is 0 Å². The number of hydrogen-bond donors (Lipinski definition) is 1. The predicted molar refractivity (Wildman–Crippen MR) is 78.1 cm³/mol. The molecule has 0 spiro atoms. The standard InChI is InChI=1S/C15H29N3O/c1-11(2)9-14(15(19)17(3)4)16-12-7-8-18(10-12)13-5-6-13/h11-14,16H,5-10H2,1-4H3. The number of nitrogens with one attached hydrogen (secondary N) is 1. The van der Waals surface area contributed by atoms with Crippen LogP contribution in [0.5, 0.6) is 0 Å². The van der Waals surface area contributed by atoms with Crippen LogP contribution in [0.1, 0.15) is 39.5 Å². The van der Waals surface area contributed by atoms with Crippen LogP contribution in [-0.2, 0) is 4.79 Å². The van der Waals surface area contributed by atoms with Crippen molar-refractivity contribution in [3.63, 3.8) is 0 Å². The minimum Gasteiger partial charge on any atom is -0.347 e. The third-order valence-corrected chi connectivity index (χ3v) is 4.17. The number of likely N-dealkylation sites (N-methyl/N-ethyl adjacent to an activating group) is 1. The van der Waals surface area contributed by atoms with Gasteiger partial charge in [-0.1, -0.05) is 13.8 Å². The summed E-state index contributed by atoms with van der Waals surface area (Å²) in [5.74, 6) is 0.765. The Hall–Kier alpha value is -0.610. The Morgan fingerprint density at radius 2 is 2.00 bits per heavy atom. The van der Waals surface area contributed by atoms with Gasteiger partial charge in [-0.15, -0.1) is 0 Å². The zero-order chi connectivity index (χ0) is 14.0. The topological polar surface area (TPSA) is 35.6 Å². The average molecular weight is 267 g/mol. The molecule has 1 saturated carbocycles. The van der Waals surface area contributed by atoms with Gasteiger partial charge in [0.1, 0.15) is 0 Å². The van der Waals surface area contributed by atoms with Crippen molar-refractivity contribution in [3.8, 4) is 0 Å².